The minimum atomic E-state index is -1.16. The van der Waals surface area contributed by atoms with E-state index in [4.69, 9.17) is 0 Å². The molecule has 0 aliphatic carbocycles. The number of rotatable bonds is 8. The molecule has 0 aliphatic heterocycles. The van der Waals surface area contributed by atoms with Crippen LogP contribution in [0.15, 0.2) is 71.8 Å². The smallest absolute Gasteiger partial charge is 0.332 e. The number of carboxylic acids is 2. The van der Waals surface area contributed by atoms with Crippen molar-refractivity contribution in [3.63, 3.8) is 0 Å². The Morgan fingerprint density at radius 3 is 1.25 bits per heavy atom. The van der Waals surface area contributed by atoms with Crippen LogP contribution in [0.2, 0.25) is 0 Å². The molecule has 0 saturated carbocycles. The first kappa shape index (κ1) is 17.5. The number of aryl methyl sites for hydroxylation is 2. The zero-order valence-corrected chi connectivity index (χ0v) is 13.3. The van der Waals surface area contributed by atoms with Crippen molar-refractivity contribution in [2.45, 2.75) is 25.7 Å². The van der Waals surface area contributed by atoms with E-state index >= 15 is 0 Å². The van der Waals surface area contributed by atoms with Crippen molar-refractivity contribution < 1.29 is 19.8 Å². The molecule has 0 radical (unpaired) electrons. The van der Waals surface area contributed by atoms with E-state index in [9.17, 15) is 19.8 Å². The summed E-state index contributed by atoms with van der Waals surface area (Å²) in [6.45, 7) is 0. The van der Waals surface area contributed by atoms with Crippen LogP contribution in [0.3, 0.4) is 0 Å². The molecule has 124 valence electrons. The van der Waals surface area contributed by atoms with E-state index in [1.807, 2.05) is 60.7 Å². The molecule has 2 rings (SSSR count). The lowest BCUT2D eigenvalue weighted by molar-refractivity contribution is -0.136. The monoisotopic (exact) mass is 324 g/mol. The maximum atomic E-state index is 11.6. The summed E-state index contributed by atoms with van der Waals surface area (Å²) in [5.74, 6) is -2.31. The topological polar surface area (TPSA) is 74.6 Å². The van der Waals surface area contributed by atoms with Crippen LogP contribution in [-0.4, -0.2) is 22.2 Å². The van der Waals surface area contributed by atoms with E-state index in [1.165, 1.54) is 0 Å². The number of hydrogen-bond donors (Lipinski definition) is 2. The molecule has 0 saturated heterocycles. The van der Waals surface area contributed by atoms with Gasteiger partial charge in [0.15, 0.2) is 0 Å². The lowest BCUT2D eigenvalue weighted by Crippen LogP contribution is -2.13. The van der Waals surface area contributed by atoms with Gasteiger partial charge in [-0.3, -0.25) is 0 Å². The number of aliphatic carboxylic acids is 2. The van der Waals surface area contributed by atoms with E-state index in [0.717, 1.165) is 11.1 Å². The number of carbonyl (C=O) groups is 2. The third-order valence-electron chi connectivity index (χ3n) is 3.89. The van der Waals surface area contributed by atoms with E-state index in [0.29, 0.717) is 12.8 Å². The van der Waals surface area contributed by atoms with Crippen LogP contribution in [0.5, 0.6) is 0 Å². The zero-order valence-electron chi connectivity index (χ0n) is 13.3. The number of carboxylic acid groups (broad SMARTS) is 2. The second-order valence-corrected chi connectivity index (χ2v) is 5.54. The van der Waals surface area contributed by atoms with Gasteiger partial charge in [-0.05, 0) is 36.8 Å². The molecule has 0 aliphatic rings. The van der Waals surface area contributed by atoms with E-state index < -0.39 is 11.9 Å². The zero-order chi connectivity index (χ0) is 17.4. The Morgan fingerprint density at radius 1 is 0.625 bits per heavy atom. The van der Waals surface area contributed by atoms with Gasteiger partial charge >= 0.3 is 11.9 Å². The highest BCUT2D eigenvalue weighted by Gasteiger charge is 2.20. The van der Waals surface area contributed by atoms with Crippen molar-refractivity contribution in [3.8, 4) is 0 Å². The standard InChI is InChI=1S/C20H20O4/c21-19(22)17(13-11-15-7-3-1-4-8-15)18(20(23)24)14-12-16-9-5-2-6-10-16/h1-10H,11-14H2,(H,21,22)(H,23,24). The Labute approximate surface area is 141 Å². The summed E-state index contributed by atoms with van der Waals surface area (Å²) in [6.07, 6.45) is 1.42. The molecule has 0 bridgehead atoms. The van der Waals surface area contributed by atoms with Crippen LogP contribution < -0.4 is 0 Å². The van der Waals surface area contributed by atoms with Crippen LogP contribution >= 0.6 is 0 Å². The Balaban J connectivity index is 2.16. The molecule has 4 nitrogen and oxygen atoms in total. The van der Waals surface area contributed by atoms with Crippen molar-refractivity contribution in [2.75, 3.05) is 0 Å². The fraction of sp³-hybridized carbons (Fsp3) is 0.200. The highest BCUT2D eigenvalue weighted by molar-refractivity contribution is 5.98. The molecule has 0 spiro atoms. The van der Waals surface area contributed by atoms with Crippen LogP contribution in [-0.2, 0) is 22.4 Å². The summed E-state index contributed by atoms with van der Waals surface area (Å²) < 4.78 is 0. The number of hydrogen-bond acceptors (Lipinski definition) is 2. The van der Waals surface area contributed by atoms with E-state index in [-0.39, 0.29) is 24.0 Å². The van der Waals surface area contributed by atoms with Gasteiger partial charge in [-0.2, -0.15) is 0 Å². The lowest BCUT2D eigenvalue weighted by Gasteiger charge is -2.10. The van der Waals surface area contributed by atoms with E-state index in [2.05, 4.69) is 0 Å². The van der Waals surface area contributed by atoms with Crippen molar-refractivity contribution in [1.82, 2.24) is 0 Å². The van der Waals surface area contributed by atoms with Gasteiger partial charge in [-0.1, -0.05) is 60.7 Å². The summed E-state index contributed by atoms with van der Waals surface area (Å²) in [7, 11) is 0. The van der Waals surface area contributed by atoms with Gasteiger partial charge in [-0.25, -0.2) is 9.59 Å². The third-order valence-corrected chi connectivity index (χ3v) is 3.89. The number of benzene rings is 2. The van der Waals surface area contributed by atoms with Gasteiger partial charge in [-0.15, -0.1) is 0 Å². The molecular formula is C20H20O4. The van der Waals surface area contributed by atoms with Crippen LogP contribution in [0.4, 0.5) is 0 Å². The fourth-order valence-electron chi connectivity index (χ4n) is 2.60. The van der Waals surface area contributed by atoms with Crippen molar-refractivity contribution in [2.24, 2.45) is 0 Å². The van der Waals surface area contributed by atoms with Gasteiger partial charge in [0, 0.05) is 11.1 Å². The minimum absolute atomic E-state index is 0.0118. The molecule has 24 heavy (non-hydrogen) atoms. The predicted molar refractivity (Wildman–Crippen MR) is 91.8 cm³/mol. The molecule has 0 fully saturated rings. The molecule has 0 heterocycles. The summed E-state index contributed by atoms with van der Waals surface area (Å²) >= 11 is 0. The fourth-order valence-corrected chi connectivity index (χ4v) is 2.60. The lowest BCUT2D eigenvalue weighted by atomic mass is 9.95. The Bertz CT molecular complexity index is 654. The average molecular weight is 324 g/mol. The highest BCUT2D eigenvalue weighted by Crippen LogP contribution is 2.19. The van der Waals surface area contributed by atoms with Crippen LogP contribution in [0.1, 0.15) is 24.0 Å². The van der Waals surface area contributed by atoms with Gasteiger partial charge < -0.3 is 10.2 Å². The first-order valence-corrected chi connectivity index (χ1v) is 7.84. The first-order valence-electron chi connectivity index (χ1n) is 7.84. The molecular weight excluding hydrogens is 304 g/mol. The normalized spacial score (nSPS) is 11.7. The Kier molecular flexibility index (Phi) is 6.32. The first-order chi connectivity index (χ1) is 11.6. The van der Waals surface area contributed by atoms with Crippen molar-refractivity contribution in [3.05, 3.63) is 82.9 Å². The average Bonchev–Trinajstić information content (AvgIpc) is 2.59. The van der Waals surface area contributed by atoms with Crippen molar-refractivity contribution >= 4 is 11.9 Å². The maximum Gasteiger partial charge on any atom is 0.332 e. The molecule has 0 amide bonds. The van der Waals surface area contributed by atoms with Crippen LogP contribution in [0.25, 0.3) is 0 Å². The Morgan fingerprint density at radius 2 is 0.958 bits per heavy atom. The second kappa shape index (κ2) is 8.67. The van der Waals surface area contributed by atoms with Gasteiger partial charge in [0.05, 0.1) is 0 Å². The molecule has 2 aromatic carbocycles. The summed E-state index contributed by atoms with van der Waals surface area (Å²) in [4.78, 5) is 23.1. The predicted octanol–water partition coefficient (Wildman–Crippen LogP) is 3.72. The largest absolute Gasteiger partial charge is 0.478 e. The SMILES string of the molecule is O=C(O)C(CCc1ccccc1)=C(CCc1ccccc1)C(=O)O. The molecule has 2 aromatic rings. The Hall–Kier alpha value is -2.88. The molecule has 0 aromatic heterocycles. The minimum Gasteiger partial charge on any atom is -0.478 e. The highest BCUT2D eigenvalue weighted by atomic mass is 16.4. The summed E-state index contributed by atoms with van der Waals surface area (Å²) in [5, 5.41) is 18.9. The molecule has 0 atom stereocenters. The quantitative estimate of drug-likeness (QED) is 0.726. The third kappa shape index (κ3) is 5.09. The molecule has 4 heteroatoms. The molecule has 2 N–H and O–H groups in total. The van der Waals surface area contributed by atoms with Gasteiger partial charge in [0.2, 0.25) is 0 Å². The van der Waals surface area contributed by atoms with Gasteiger partial charge in [0.1, 0.15) is 0 Å². The second-order valence-electron chi connectivity index (χ2n) is 5.54. The van der Waals surface area contributed by atoms with Crippen molar-refractivity contribution in [1.29, 1.82) is 0 Å². The maximum absolute atomic E-state index is 11.6. The van der Waals surface area contributed by atoms with E-state index in [1.54, 1.807) is 0 Å². The summed E-state index contributed by atoms with van der Waals surface area (Å²) in [5.41, 5.74) is 1.96. The van der Waals surface area contributed by atoms with Gasteiger partial charge in [0.25, 0.3) is 0 Å². The summed E-state index contributed by atoms with van der Waals surface area (Å²) in [6, 6.07) is 18.9. The molecule has 0 unspecified atom stereocenters. The van der Waals surface area contributed by atoms with Crippen LogP contribution in [0, 0.1) is 0 Å².